The van der Waals surface area contributed by atoms with E-state index >= 15 is 0 Å². The summed E-state index contributed by atoms with van der Waals surface area (Å²) in [6.07, 6.45) is 2.17. The molecule has 144 valence electrons. The van der Waals surface area contributed by atoms with Gasteiger partial charge in [0.1, 0.15) is 5.41 Å². The Labute approximate surface area is 158 Å². The molecule has 3 heteroatoms. The third-order valence-electron chi connectivity index (χ3n) is 5.94. The Kier molecular flexibility index (Phi) is 5.43. The van der Waals surface area contributed by atoms with Crippen LogP contribution in [0.4, 0.5) is 0 Å². The predicted molar refractivity (Wildman–Crippen MR) is 106 cm³/mol. The van der Waals surface area contributed by atoms with Crippen LogP contribution in [0.3, 0.4) is 0 Å². The van der Waals surface area contributed by atoms with E-state index in [1.807, 2.05) is 6.92 Å². The Hall–Kier alpha value is -1.64. The van der Waals surface area contributed by atoms with E-state index in [1.165, 1.54) is 16.7 Å². The molecule has 1 aliphatic carbocycles. The zero-order valence-electron chi connectivity index (χ0n) is 17.4. The largest absolute Gasteiger partial charge is 0.480 e. The van der Waals surface area contributed by atoms with Gasteiger partial charge in [-0.2, -0.15) is 0 Å². The molecule has 0 radical (unpaired) electrons. The number of hydrogen-bond acceptors (Lipinski definition) is 2. The lowest BCUT2D eigenvalue weighted by atomic mass is 9.74. The molecule has 0 amide bonds. The molecule has 2 rings (SSSR count). The topological polar surface area (TPSA) is 54.4 Å². The second kappa shape index (κ2) is 6.83. The van der Waals surface area contributed by atoms with Crippen molar-refractivity contribution in [3.8, 4) is 0 Å². The minimum absolute atomic E-state index is 0.0278. The molecule has 1 aliphatic rings. The quantitative estimate of drug-likeness (QED) is 0.745. The van der Waals surface area contributed by atoms with E-state index in [4.69, 9.17) is 0 Å². The monoisotopic (exact) mass is 358 g/mol. The Balaban J connectivity index is 2.37. The van der Waals surface area contributed by atoms with Crippen molar-refractivity contribution in [1.29, 1.82) is 0 Å². The number of carboxylic acid groups (broad SMARTS) is 1. The van der Waals surface area contributed by atoms with E-state index in [9.17, 15) is 14.7 Å². The van der Waals surface area contributed by atoms with Crippen LogP contribution in [0, 0.1) is 11.3 Å². The minimum Gasteiger partial charge on any atom is -0.480 e. The normalized spacial score (nSPS) is 24.1. The lowest BCUT2D eigenvalue weighted by molar-refractivity contribution is -0.154. The summed E-state index contributed by atoms with van der Waals surface area (Å²) in [4.78, 5) is 24.5. The van der Waals surface area contributed by atoms with Gasteiger partial charge in [0.2, 0.25) is 0 Å². The standard InChI is InChI=1S/C23H34O3/c1-15-10-12-23(19(15)24,20(25)26)13-11-16-8-9-17(21(2,3)4)14-18(16)22(5,6)7/h8-9,14-15H,10-13H2,1-7H3,(H,25,26). The van der Waals surface area contributed by atoms with E-state index in [-0.39, 0.29) is 22.5 Å². The Morgan fingerprint density at radius 2 is 1.77 bits per heavy atom. The third-order valence-corrected chi connectivity index (χ3v) is 5.94. The molecule has 1 aromatic rings. The zero-order chi connectivity index (χ0) is 19.9. The average molecular weight is 359 g/mol. The van der Waals surface area contributed by atoms with Crippen LogP contribution in [0.5, 0.6) is 0 Å². The molecule has 0 saturated heterocycles. The van der Waals surface area contributed by atoms with Crippen LogP contribution in [0.1, 0.15) is 84.4 Å². The van der Waals surface area contributed by atoms with E-state index in [1.54, 1.807) is 0 Å². The second-order valence-electron chi connectivity index (χ2n) is 10.1. The van der Waals surface area contributed by atoms with E-state index < -0.39 is 11.4 Å². The molecular formula is C23H34O3. The molecule has 0 heterocycles. The van der Waals surface area contributed by atoms with Gasteiger partial charge in [-0.3, -0.25) is 9.59 Å². The molecule has 2 atom stereocenters. The number of hydrogen-bond donors (Lipinski definition) is 1. The van der Waals surface area contributed by atoms with Gasteiger partial charge in [-0.05, 0) is 53.2 Å². The first-order valence-corrected chi connectivity index (χ1v) is 9.70. The average Bonchev–Trinajstić information content (AvgIpc) is 2.80. The molecule has 2 unspecified atom stereocenters. The highest BCUT2D eigenvalue weighted by molar-refractivity contribution is 6.05. The summed E-state index contributed by atoms with van der Waals surface area (Å²) < 4.78 is 0. The van der Waals surface area contributed by atoms with Crippen molar-refractivity contribution in [2.75, 3.05) is 0 Å². The van der Waals surface area contributed by atoms with Gasteiger partial charge >= 0.3 is 5.97 Å². The highest BCUT2D eigenvalue weighted by Crippen LogP contribution is 2.43. The molecule has 0 spiro atoms. The molecule has 3 nitrogen and oxygen atoms in total. The van der Waals surface area contributed by atoms with Crippen molar-refractivity contribution in [1.82, 2.24) is 0 Å². The lowest BCUT2D eigenvalue weighted by Crippen LogP contribution is -2.37. The maximum Gasteiger partial charge on any atom is 0.317 e. The van der Waals surface area contributed by atoms with Crippen LogP contribution < -0.4 is 0 Å². The predicted octanol–water partition coefficient (Wildman–Crippen LogP) is 5.28. The van der Waals surface area contributed by atoms with Gasteiger partial charge in [0, 0.05) is 5.92 Å². The zero-order valence-corrected chi connectivity index (χ0v) is 17.4. The fourth-order valence-electron chi connectivity index (χ4n) is 4.06. The van der Waals surface area contributed by atoms with Crippen molar-refractivity contribution in [2.45, 2.75) is 85.0 Å². The summed E-state index contributed by atoms with van der Waals surface area (Å²) in [5.74, 6) is -1.18. The number of carbonyl (C=O) groups is 2. The number of ketones is 1. The van der Waals surface area contributed by atoms with Crippen LogP contribution in [-0.2, 0) is 26.8 Å². The van der Waals surface area contributed by atoms with Gasteiger partial charge in [0.15, 0.2) is 5.78 Å². The molecule has 26 heavy (non-hydrogen) atoms. The number of rotatable bonds is 4. The van der Waals surface area contributed by atoms with Gasteiger partial charge in [0.05, 0.1) is 0 Å². The van der Waals surface area contributed by atoms with Gasteiger partial charge in [-0.25, -0.2) is 0 Å². The fraction of sp³-hybridized carbons (Fsp3) is 0.652. The summed E-state index contributed by atoms with van der Waals surface area (Å²) >= 11 is 0. The fourth-order valence-corrected chi connectivity index (χ4v) is 4.06. The first-order chi connectivity index (χ1) is 11.8. The molecule has 0 aromatic heterocycles. The summed E-state index contributed by atoms with van der Waals surface area (Å²) in [7, 11) is 0. The maximum atomic E-state index is 12.6. The number of benzene rings is 1. The highest BCUT2D eigenvalue weighted by Gasteiger charge is 2.51. The third kappa shape index (κ3) is 3.87. The molecule has 0 aliphatic heterocycles. The van der Waals surface area contributed by atoms with Crippen molar-refractivity contribution in [2.24, 2.45) is 11.3 Å². The molecule has 1 N–H and O–H groups in total. The van der Waals surface area contributed by atoms with Gasteiger partial charge in [-0.1, -0.05) is 66.7 Å². The number of carbonyl (C=O) groups excluding carboxylic acids is 1. The Morgan fingerprint density at radius 3 is 2.19 bits per heavy atom. The summed E-state index contributed by atoms with van der Waals surface area (Å²) in [5.41, 5.74) is 2.54. The minimum atomic E-state index is -1.20. The summed E-state index contributed by atoms with van der Waals surface area (Å²) in [5, 5.41) is 9.79. The first-order valence-electron chi connectivity index (χ1n) is 9.70. The van der Waals surface area contributed by atoms with Crippen molar-refractivity contribution >= 4 is 11.8 Å². The van der Waals surface area contributed by atoms with E-state index in [2.05, 4.69) is 59.7 Å². The summed E-state index contributed by atoms with van der Waals surface area (Å²) in [6, 6.07) is 6.55. The Bertz CT molecular complexity index is 703. The van der Waals surface area contributed by atoms with E-state index in [0.717, 1.165) is 0 Å². The molecule has 1 saturated carbocycles. The molecule has 0 bridgehead atoms. The molecule has 1 aromatic carbocycles. The first kappa shape index (κ1) is 20.7. The lowest BCUT2D eigenvalue weighted by Gasteiger charge is -2.29. The highest BCUT2D eigenvalue weighted by atomic mass is 16.4. The van der Waals surface area contributed by atoms with Crippen molar-refractivity contribution < 1.29 is 14.7 Å². The van der Waals surface area contributed by atoms with Crippen LogP contribution in [0.25, 0.3) is 0 Å². The van der Waals surface area contributed by atoms with Gasteiger partial charge in [-0.15, -0.1) is 0 Å². The molecule has 1 fully saturated rings. The van der Waals surface area contributed by atoms with Crippen LogP contribution in [-0.4, -0.2) is 16.9 Å². The second-order valence-corrected chi connectivity index (χ2v) is 10.1. The Morgan fingerprint density at radius 1 is 1.15 bits per heavy atom. The molecular weight excluding hydrogens is 324 g/mol. The maximum absolute atomic E-state index is 12.6. The van der Waals surface area contributed by atoms with Crippen LogP contribution >= 0.6 is 0 Å². The number of carboxylic acids is 1. The van der Waals surface area contributed by atoms with Crippen molar-refractivity contribution in [3.63, 3.8) is 0 Å². The number of aliphatic carboxylic acids is 1. The number of aryl methyl sites for hydroxylation is 1. The smallest absolute Gasteiger partial charge is 0.317 e. The van der Waals surface area contributed by atoms with Crippen molar-refractivity contribution in [3.05, 3.63) is 34.9 Å². The van der Waals surface area contributed by atoms with E-state index in [0.29, 0.717) is 25.7 Å². The number of Topliss-reactive ketones (excluding diaryl/α,β-unsaturated/α-hetero) is 1. The van der Waals surface area contributed by atoms with Crippen LogP contribution in [0.15, 0.2) is 18.2 Å². The van der Waals surface area contributed by atoms with Gasteiger partial charge in [0.25, 0.3) is 0 Å². The van der Waals surface area contributed by atoms with Gasteiger partial charge < -0.3 is 5.11 Å². The summed E-state index contributed by atoms with van der Waals surface area (Å²) in [6.45, 7) is 15.0. The SMILES string of the molecule is CC1CCC(CCc2ccc(C(C)(C)C)cc2C(C)(C)C)(C(=O)O)C1=O. The van der Waals surface area contributed by atoms with Crippen LogP contribution in [0.2, 0.25) is 0 Å².